The van der Waals surface area contributed by atoms with E-state index in [0.29, 0.717) is 11.5 Å². The summed E-state index contributed by atoms with van der Waals surface area (Å²) in [4.78, 5) is 8.57. The van der Waals surface area contributed by atoms with Gasteiger partial charge in [0.05, 0.1) is 17.3 Å². The Bertz CT molecular complexity index is 777. The number of aryl methyl sites for hydroxylation is 1. The van der Waals surface area contributed by atoms with E-state index in [2.05, 4.69) is 27.3 Å². The second-order valence-corrected chi connectivity index (χ2v) is 5.61. The number of hydrogen-bond acceptors (Lipinski definition) is 4. The monoisotopic (exact) mass is 301 g/mol. The van der Waals surface area contributed by atoms with Gasteiger partial charge in [-0.05, 0) is 44.5 Å². The second-order valence-electron chi connectivity index (χ2n) is 5.27. The van der Waals surface area contributed by atoms with Crippen molar-refractivity contribution in [2.45, 2.75) is 26.8 Å². The number of rotatable bonds is 3. The molecule has 0 radical (unpaired) electrons. The molecule has 2 heterocycles. The van der Waals surface area contributed by atoms with Crippen LogP contribution in [0.1, 0.15) is 19.4 Å². The predicted octanol–water partition coefficient (Wildman–Crippen LogP) is 3.60. The normalized spacial score (nSPS) is 11.3. The van der Waals surface area contributed by atoms with E-state index in [4.69, 9.17) is 11.6 Å². The average molecular weight is 302 g/mol. The van der Waals surface area contributed by atoms with Gasteiger partial charge in [0.15, 0.2) is 5.65 Å². The third kappa shape index (κ3) is 2.69. The quantitative estimate of drug-likeness (QED) is 0.751. The van der Waals surface area contributed by atoms with Gasteiger partial charge >= 0.3 is 0 Å². The molecule has 3 rings (SSSR count). The number of anilines is 1. The predicted molar refractivity (Wildman–Crippen MR) is 85.2 cm³/mol. The Balaban J connectivity index is 2.17. The smallest absolute Gasteiger partial charge is 0.226 e. The maximum atomic E-state index is 6.05. The molecule has 6 heteroatoms. The first-order valence-electron chi connectivity index (χ1n) is 6.79. The molecule has 2 aromatic heterocycles. The van der Waals surface area contributed by atoms with Crippen LogP contribution in [0, 0.1) is 6.92 Å². The van der Waals surface area contributed by atoms with Crippen LogP contribution in [-0.4, -0.2) is 25.8 Å². The highest BCUT2D eigenvalue weighted by Crippen LogP contribution is 2.24. The van der Waals surface area contributed by atoms with Crippen molar-refractivity contribution in [2.75, 3.05) is 5.32 Å². The summed E-state index contributed by atoms with van der Waals surface area (Å²) in [5.41, 5.74) is 2.84. The average Bonchev–Trinajstić information content (AvgIpc) is 2.83. The van der Waals surface area contributed by atoms with Crippen LogP contribution >= 0.6 is 11.6 Å². The molecule has 5 nitrogen and oxygen atoms in total. The molecule has 0 saturated carbocycles. The van der Waals surface area contributed by atoms with Crippen LogP contribution < -0.4 is 5.32 Å². The van der Waals surface area contributed by atoms with Crippen molar-refractivity contribution in [1.29, 1.82) is 0 Å². The Morgan fingerprint density at radius 3 is 2.52 bits per heavy atom. The summed E-state index contributed by atoms with van der Waals surface area (Å²) in [5, 5.41) is 8.76. The van der Waals surface area contributed by atoms with Gasteiger partial charge in [0, 0.05) is 6.04 Å². The Morgan fingerprint density at radius 2 is 1.86 bits per heavy atom. The fraction of sp³-hybridized carbons (Fsp3) is 0.267. The van der Waals surface area contributed by atoms with Crippen LogP contribution in [-0.2, 0) is 0 Å². The van der Waals surface area contributed by atoms with Crippen molar-refractivity contribution in [3.8, 4) is 5.69 Å². The van der Waals surface area contributed by atoms with Crippen molar-refractivity contribution >= 4 is 28.5 Å². The lowest BCUT2D eigenvalue weighted by molar-refractivity contribution is 0.885. The van der Waals surface area contributed by atoms with Gasteiger partial charge in [-0.2, -0.15) is 15.1 Å². The van der Waals surface area contributed by atoms with Gasteiger partial charge in [-0.1, -0.05) is 17.7 Å². The first kappa shape index (κ1) is 13.8. The number of nitrogens with zero attached hydrogens (tertiary/aromatic N) is 4. The number of hydrogen-bond donors (Lipinski definition) is 1. The second kappa shape index (κ2) is 5.33. The van der Waals surface area contributed by atoms with Crippen molar-refractivity contribution in [2.24, 2.45) is 0 Å². The molecule has 0 aliphatic carbocycles. The molecule has 0 aliphatic heterocycles. The molecule has 0 amide bonds. The topological polar surface area (TPSA) is 55.6 Å². The van der Waals surface area contributed by atoms with E-state index in [1.165, 1.54) is 5.56 Å². The van der Waals surface area contributed by atoms with Gasteiger partial charge < -0.3 is 5.32 Å². The zero-order valence-electron chi connectivity index (χ0n) is 12.1. The molecule has 0 atom stereocenters. The minimum atomic E-state index is 0.208. The van der Waals surface area contributed by atoms with E-state index in [-0.39, 0.29) is 11.3 Å². The highest BCUT2D eigenvalue weighted by Gasteiger charge is 2.13. The number of nitrogens with one attached hydrogen (secondary N) is 1. The van der Waals surface area contributed by atoms with Crippen LogP contribution in [0.4, 0.5) is 5.82 Å². The summed E-state index contributed by atoms with van der Waals surface area (Å²) in [6.07, 6.45) is 1.76. The molecular formula is C15H16ClN5. The third-order valence-electron chi connectivity index (χ3n) is 3.11. The lowest BCUT2D eigenvalue weighted by atomic mass is 10.2. The maximum absolute atomic E-state index is 6.05. The van der Waals surface area contributed by atoms with E-state index < -0.39 is 0 Å². The van der Waals surface area contributed by atoms with E-state index in [0.717, 1.165) is 11.1 Å². The van der Waals surface area contributed by atoms with E-state index in [1.807, 2.05) is 38.1 Å². The molecular weight excluding hydrogens is 286 g/mol. The van der Waals surface area contributed by atoms with Gasteiger partial charge in [0.1, 0.15) is 5.82 Å². The Hall–Kier alpha value is -2.14. The third-order valence-corrected chi connectivity index (χ3v) is 3.27. The van der Waals surface area contributed by atoms with E-state index in [9.17, 15) is 0 Å². The summed E-state index contributed by atoms with van der Waals surface area (Å²) >= 11 is 6.05. The summed E-state index contributed by atoms with van der Waals surface area (Å²) < 4.78 is 1.77. The summed E-state index contributed by atoms with van der Waals surface area (Å²) in [5.74, 6) is 0.707. The van der Waals surface area contributed by atoms with Crippen molar-refractivity contribution in [1.82, 2.24) is 19.7 Å². The van der Waals surface area contributed by atoms with Crippen LogP contribution in [0.5, 0.6) is 0 Å². The highest BCUT2D eigenvalue weighted by molar-refractivity contribution is 6.28. The minimum Gasteiger partial charge on any atom is -0.367 e. The fourth-order valence-electron chi connectivity index (χ4n) is 2.14. The van der Waals surface area contributed by atoms with E-state index >= 15 is 0 Å². The molecule has 21 heavy (non-hydrogen) atoms. The molecule has 0 bridgehead atoms. The van der Waals surface area contributed by atoms with Crippen LogP contribution in [0.15, 0.2) is 30.5 Å². The molecule has 0 aliphatic rings. The summed E-state index contributed by atoms with van der Waals surface area (Å²) in [7, 11) is 0. The molecule has 0 unspecified atom stereocenters. The maximum Gasteiger partial charge on any atom is 0.226 e. The standard InChI is InChI=1S/C15H16ClN5/c1-9(2)18-13-12-8-17-21(14(12)20-15(16)19-13)11-6-4-10(3)5-7-11/h4-9H,1-3H3,(H,18,19,20). The number of aromatic nitrogens is 4. The van der Waals surface area contributed by atoms with Crippen LogP contribution in [0.2, 0.25) is 5.28 Å². The van der Waals surface area contributed by atoms with Crippen molar-refractivity contribution in [3.63, 3.8) is 0 Å². The lowest BCUT2D eigenvalue weighted by Gasteiger charge is -2.10. The first-order valence-corrected chi connectivity index (χ1v) is 7.17. The van der Waals surface area contributed by atoms with Crippen LogP contribution in [0.3, 0.4) is 0 Å². The molecule has 1 aromatic carbocycles. The fourth-order valence-corrected chi connectivity index (χ4v) is 2.30. The van der Waals surface area contributed by atoms with Gasteiger partial charge in [-0.15, -0.1) is 0 Å². The summed E-state index contributed by atoms with van der Waals surface area (Å²) in [6.45, 7) is 6.15. The highest BCUT2D eigenvalue weighted by atomic mass is 35.5. The molecule has 0 fully saturated rings. The Morgan fingerprint density at radius 1 is 1.14 bits per heavy atom. The summed E-state index contributed by atoms with van der Waals surface area (Å²) in [6, 6.07) is 8.35. The van der Waals surface area contributed by atoms with Gasteiger partial charge in [0.2, 0.25) is 5.28 Å². The zero-order chi connectivity index (χ0) is 15.0. The van der Waals surface area contributed by atoms with Gasteiger partial charge in [0.25, 0.3) is 0 Å². The van der Waals surface area contributed by atoms with Crippen molar-refractivity contribution < 1.29 is 0 Å². The van der Waals surface area contributed by atoms with Gasteiger partial charge in [-0.25, -0.2) is 4.68 Å². The minimum absolute atomic E-state index is 0.208. The van der Waals surface area contributed by atoms with Crippen LogP contribution in [0.25, 0.3) is 16.7 Å². The Kier molecular flexibility index (Phi) is 3.51. The van der Waals surface area contributed by atoms with E-state index in [1.54, 1.807) is 10.9 Å². The molecule has 0 saturated heterocycles. The molecule has 1 N–H and O–H groups in total. The molecule has 3 aromatic rings. The van der Waals surface area contributed by atoms with Crippen molar-refractivity contribution in [3.05, 3.63) is 41.3 Å². The lowest BCUT2D eigenvalue weighted by Crippen LogP contribution is -2.11. The SMILES string of the molecule is Cc1ccc(-n2ncc3c(NC(C)C)nc(Cl)nc32)cc1. The zero-order valence-corrected chi connectivity index (χ0v) is 12.9. The molecule has 0 spiro atoms. The largest absolute Gasteiger partial charge is 0.367 e. The molecule has 108 valence electrons. The number of fused-ring (bicyclic) bond motifs is 1. The Labute approximate surface area is 128 Å². The first-order chi connectivity index (χ1) is 10.0. The number of benzene rings is 1. The van der Waals surface area contributed by atoms with Gasteiger partial charge in [-0.3, -0.25) is 0 Å². The number of halogens is 1.